The minimum atomic E-state index is -3.35. The number of nitrogens with zero attached hydrogens (tertiary/aromatic N) is 3. The molecule has 0 saturated carbocycles. The molecule has 0 atom stereocenters. The first-order valence-corrected chi connectivity index (χ1v) is 13.1. The average molecular weight is 569 g/mol. The number of rotatable bonds is 9. The molecule has 0 aromatic rings. The third-order valence-corrected chi connectivity index (χ3v) is 8.64. The number of ether oxygens (including phenoxy) is 1. The summed E-state index contributed by atoms with van der Waals surface area (Å²) in [6, 6.07) is 0. The third-order valence-electron chi connectivity index (χ3n) is 4.67. The van der Waals surface area contributed by atoms with Gasteiger partial charge in [-0.3, -0.25) is 4.99 Å². The van der Waals surface area contributed by atoms with Crippen LogP contribution in [0.5, 0.6) is 0 Å². The molecule has 1 aliphatic heterocycles. The van der Waals surface area contributed by atoms with E-state index in [0.717, 1.165) is 0 Å². The maximum Gasteiger partial charge on any atom is 0.216 e. The van der Waals surface area contributed by atoms with Crippen molar-refractivity contribution in [3.05, 3.63) is 0 Å². The average Bonchev–Trinajstić information content (AvgIpc) is 2.57. The molecule has 0 aromatic heterocycles. The molecule has 0 amide bonds. The van der Waals surface area contributed by atoms with Gasteiger partial charge < -0.3 is 15.0 Å². The zero-order valence-electron chi connectivity index (χ0n) is 18.3. The zero-order valence-corrected chi connectivity index (χ0v) is 22.3. The van der Waals surface area contributed by atoms with Gasteiger partial charge in [0.2, 0.25) is 10.0 Å². The summed E-state index contributed by atoms with van der Waals surface area (Å²) in [5.41, 5.74) is 0. The lowest BCUT2D eigenvalue weighted by molar-refractivity contribution is 0.0904. The second kappa shape index (κ2) is 12.0. The van der Waals surface area contributed by atoms with Crippen molar-refractivity contribution in [2.75, 3.05) is 57.9 Å². The Morgan fingerprint density at radius 1 is 1.14 bits per heavy atom. The molecule has 0 aliphatic carbocycles. The van der Waals surface area contributed by atoms with Gasteiger partial charge in [0.1, 0.15) is 0 Å². The summed E-state index contributed by atoms with van der Waals surface area (Å²) in [6.45, 7) is 11.7. The Hall–Kier alpha value is -0.180. The molecule has 0 spiro atoms. The van der Waals surface area contributed by atoms with Crippen molar-refractivity contribution in [2.45, 2.75) is 45.5 Å². The smallest absolute Gasteiger partial charge is 0.216 e. The molecular formula is C17H37IN4O5S2. The van der Waals surface area contributed by atoms with E-state index in [-0.39, 0.29) is 49.0 Å². The van der Waals surface area contributed by atoms with E-state index in [1.54, 1.807) is 13.8 Å². The van der Waals surface area contributed by atoms with E-state index in [1.165, 1.54) is 10.6 Å². The van der Waals surface area contributed by atoms with Gasteiger partial charge >= 0.3 is 0 Å². The van der Waals surface area contributed by atoms with Gasteiger partial charge in [-0.2, -0.15) is 4.31 Å². The third kappa shape index (κ3) is 9.23. The van der Waals surface area contributed by atoms with Crippen molar-refractivity contribution in [1.82, 2.24) is 14.5 Å². The highest BCUT2D eigenvalue weighted by Crippen LogP contribution is 2.16. The van der Waals surface area contributed by atoms with Crippen LogP contribution < -0.4 is 5.32 Å². The quantitative estimate of drug-likeness (QED) is 0.249. The zero-order chi connectivity index (χ0) is 21.6. The number of guanidine groups is 1. The molecular weight excluding hydrogens is 531 g/mol. The highest BCUT2D eigenvalue weighted by atomic mass is 127. The van der Waals surface area contributed by atoms with Gasteiger partial charge in [-0.05, 0) is 34.6 Å². The molecule has 1 saturated heterocycles. The molecule has 0 unspecified atom stereocenters. The first-order chi connectivity index (χ1) is 12.8. The summed E-state index contributed by atoms with van der Waals surface area (Å²) < 4.78 is 54.6. The Balaban J connectivity index is 0.00000784. The summed E-state index contributed by atoms with van der Waals surface area (Å²) in [7, 11) is -6.59. The van der Waals surface area contributed by atoms with Gasteiger partial charge in [0, 0.05) is 39.0 Å². The van der Waals surface area contributed by atoms with Crippen molar-refractivity contribution >= 4 is 49.8 Å². The first-order valence-electron chi connectivity index (χ1n) is 9.62. The predicted molar refractivity (Wildman–Crippen MR) is 128 cm³/mol. The molecule has 1 aliphatic rings. The van der Waals surface area contributed by atoms with Crippen LogP contribution in [0.4, 0.5) is 0 Å². The van der Waals surface area contributed by atoms with E-state index in [0.29, 0.717) is 38.7 Å². The molecule has 1 fully saturated rings. The lowest BCUT2D eigenvalue weighted by atomic mass is 10.2. The Bertz CT molecular complexity index is 731. The van der Waals surface area contributed by atoms with E-state index in [1.807, 2.05) is 25.7 Å². The summed E-state index contributed by atoms with van der Waals surface area (Å²) in [4.78, 5) is 6.47. The standard InChI is InChI=1S/C17H36N4O5S2.HI/c1-7-18-16(19-14-17(4,5)27(6,22)23)20-8-10-21(11-9-20)28(24,25)13-12-26-15(2)3;/h15H,7-14H2,1-6H3,(H,18,19);1H. The molecule has 12 heteroatoms. The molecule has 1 rings (SSSR count). The van der Waals surface area contributed by atoms with Gasteiger partial charge in [0.15, 0.2) is 15.8 Å². The van der Waals surface area contributed by atoms with E-state index in [2.05, 4.69) is 10.3 Å². The number of hydrogen-bond acceptors (Lipinski definition) is 6. The summed E-state index contributed by atoms with van der Waals surface area (Å²) >= 11 is 0. The molecule has 9 nitrogen and oxygen atoms in total. The van der Waals surface area contributed by atoms with Crippen molar-refractivity contribution in [1.29, 1.82) is 0 Å². The van der Waals surface area contributed by atoms with Crippen LogP contribution in [0.2, 0.25) is 0 Å². The predicted octanol–water partition coefficient (Wildman–Crippen LogP) is 0.766. The summed E-state index contributed by atoms with van der Waals surface area (Å²) in [5.74, 6) is 0.585. The monoisotopic (exact) mass is 568 g/mol. The summed E-state index contributed by atoms with van der Waals surface area (Å²) in [5, 5.41) is 3.17. The van der Waals surface area contributed by atoms with E-state index >= 15 is 0 Å². The second-order valence-corrected chi connectivity index (χ2v) is 12.6. The Labute approximate surface area is 193 Å². The fourth-order valence-electron chi connectivity index (χ4n) is 2.50. The number of nitrogens with one attached hydrogen (secondary N) is 1. The van der Waals surface area contributed by atoms with Crippen LogP contribution in [0.1, 0.15) is 34.6 Å². The second-order valence-electron chi connectivity index (χ2n) is 7.82. The molecule has 1 heterocycles. The number of aliphatic imine (C=N–C) groups is 1. The van der Waals surface area contributed by atoms with Crippen molar-refractivity contribution in [3.63, 3.8) is 0 Å². The van der Waals surface area contributed by atoms with Crippen LogP contribution in [0.15, 0.2) is 4.99 Å². The number of hydrogen-bond donors (Lipinski definition) is 1. The number of piperazine rings is 1. The van der Waals surface area contributed by atoms with Crippen LogP contribution in [0, 0.1) is 0 Å². The fourth-order valence-corrected chi connectivity index (χ4v) is 4.09. The summed E-state index contributed by atoms with van der Waals surface area (Å²) in [6.07, 6.45) is 1.21. The van der Waals surface area contributed by atoms with Crippen molar-refractivity contribution < 1.29 is 21.6 Å². The van der Waals surface area contributed by atoms with Crippen LogP contribution in [-0.4, -0.2) is 101 Å². The normalized spacial score (nSPS) is 17.3. The molecule has 29 heavy (non-hydrogen) atoms. The van der Waals surface area contributed by atoms with Crippen LogP contribution >= 0.6 is 24.0 Å². The maximum atomic E-state index is 12.5. The Morgan fingerprint density at radius 2 is 1.69 bits per heavy atom. The number of sulfone groups is 1. The largest absolute Gasteiger partial charge is 0.378 e. The molecule has 0 bridgehead atoms. The van der Waals surface area contributed by atoms with Gasteiger partial charge in [0.05, 0.1) is 29.8 Å². The van der Waals surface area contributed by atoms with Crippen molar-refractivity contribution in [2.24, 2.45) is 4.99 Å². The van der Waals surface area contributed by atoms with Gasteiger partial charge in [-0.15, -0.1) is 24.0 Å². The number of halogens is 1. The molecule has 174 valence electrons. The van der Waals surface area contributed by atoms with Gasteiger partial charge in [0.25, 0.3) is 0 Å². The SMILES string of the molecule is CCNC(=NCC(C)(C)S(C)(=O)=O)N1CCN(S(=O)(=O)CCOC(C)C)CC1.I. The Morgan fingerprint density at radius 3 is 2.14 bits per heavy atom. The molecule has 0 radical (unpaired) electrons. The topological polar surface area (TPSA) is 108 Å². The Kier molecular flexibility index (Phi) is 11.9. The van der Waals surface area contributed by atoms with Gasteiger partial charge in [-0.25, -0.2) is 16.8 Å². The molecule has 1 N–H and O–H groups in total. The van der Waals surface area contributed by atoms with Gasteiger partial charge in [-0.1, -0.05) is 0 Å². The number of sulfonamides is 1. The van der Waals surface area contributed by atoms with E-state index in [9.17, 15) is 16.8 Å². The lowest BCUT2D eigenvalue weighted by Gasteiger charge is -2.36. The van der Waals surface area contributed by atoms with E-state index < -0.39 is 24.6 Å². The minimum absolute atomic E-state index is 0. The van der Waals surface area contributed by atoms with Crippen LogP contribution in [-0.2, 0) is 24.6 Å². The fraction of sp³-hybridized carbons (Fsp3) is 0.941. The lowest BCUT2D eigenvalue weighted by Crippen LogP contribution is -2.54. The highest BCUT2D eigenvalue weighted by molar-refractivity contribution is 14.0. The van der Waals surface area contributed by atoms with E-state index in [4.69, 9.17) is 4.74 Å². The molecule has 0 aromatic carbocycles. The highest BCUT2D eigenvalue weighted by Gasteiger charge is 2.31. The first kappa shape index (κ1) is 28.8. The van der Waals surface area contributed by atoms with Crippen LogP contribution in [0.25, 0.3) is 0 Å². The maximum absolute atomic E-state index is 12.5. The minimum Gasteiger partial charge on any atom is -0.378 e. The van der Waals surface area contributed by atoms with Crippen molar-refractivity contribution in [3.8, 4) is 0 Å². The van der Waals surface area contributed by atoms with Crippen LogP contribution in [0.3, 0.4) is 0 Å².